The number of aromatic amines is 1. The summed E-state index contributed by atoms with van der Waals surface area (Å²) in [4.78, 5) is 17.1. The molecule has 6 nitrogen and oxygen atoms in total. The van der Waals surface area contributed by atoms with E-state index in [4.69, 9.17) is 0 Å². The Bertz CT molecular complexity index is 943. The number of aromatic nitrogens is 3. The molecule has 3 heterocycles. The molecule has 0 unspecified atom stereocenters. The molecule has 4 rings (SSSR count). The largest absolute Gasteiger partial charge is 0.312 e. The number of anilines is 1. The second-order valence-corrected chi connectivity index (χ2v) is 7.12. The van der Waals surface area contributed by atoms with Gasteiger partial charge in [-0.05, 0) is 19.4 Å². The Hall–Kier alpha value is -2.51. The van der Waals surface area contributed by atoms with Crippen molar-refractivity contribution in [1.82, 2.24) is 20.5 Å². The van der Waals surface area contributed by atoms with Gasteiger partial charge in [0.15, 0.2) is 10.8 Å². The van der Waals surface area contributed by atoms with Crippen molar-refractivity contribution in [3.63, 3.8) is 0 Å². The molecular formula is C18H19N5OS. The molecule has 0 saturated carbocycles. The number of hydrogen-bond acceptors (Lipinski definition) is 5. The first-order valence-corrected chi connectivity index (χ1v) is 9.11. The zero-order valence-electron chi connectivity index (χ0n) is 14.1. The van der Waals surface area contributed by atoms with Gasteiger partial charge in [0, 0.05) is 41.7 Å². The van der Waals surface area contributed by atoms with E-state index >= 15 is 0 Å². The zero-order valence-corrected chi connectivity index (χ0v) is 15.0. The Morgan fingerprint density at radius 2 is 2.20 bits per heavy atom. The topological polar surface area (TPSA) is 82.7 Å². The molecule has 1 amide bonds. The van der Waals surface area contributed by atoms with Crippen molar-refractivity contribution in [2.45, 2.75) is 26.8 Å². The number of carbonyl (C=O) groups excluding carboxylic acids is 1. The quantitative estimate of drug-likeness (QED) is 0.676. The van der Waals surface area contributed by atoms with Crippen molar-refractivity contribution in [2.24, 2.45) is 0 Å². The number of amides is 1. The van der Waals surface area contributed by atoms with Crippen molar-refractivity contribution in [3.8, 4) is 11.3 Å². The van der Waals surface area contributed by atoms with Crippen LogP contribution in [0.1, 0.15) is 32.9 Å². The molecule has 2 aromatic heterocycles. The van der Waals surface area contributed by atoms with Gasteiger partial charge in [0.1, 0.15) is 0 Å². The summed E-state index contributed by atoms with van der Waals surface area (Å²) in [5, 5.41) is 15.8. The first-order chi connectivity index (χ1) is 12.1. The molecule has 1 aliphatic heterocycles. The number of nitrogens with zero attached hydrogens (tertiary/aromatic N) is 2. The fraction of sp³-hybridized carbons (Fsp3) is 0.278. The summed E-state index contributed by atoms with van der Waals surface area (Å²) in [5.74, 6) is -0.220. The van der Waals surface area contributed by atoms with Gasteiger partial charge in [0.05, 0.1) is 5.69 Å². The highest BCUT2D eigenvalue weighted by atomic mass is 32.1. The van der Waals surface area contributed by atoms with Crippen LogP contribution in [0, 0.1) is 13.8 Å². The number of hydrogen-bond donors (Lipinski definition) is 3. The lowest BCUT2D eigenvalue weighted by Gasteiger charge is -2.12. The number of H-pyrrole nitrogens is 1. The summed E-state index contributed by atoms with van der Waals surface area (Å²) in [6.07, 6.45) is 0.865. The normalized spacial score (nSPS) is 13.5. The molecule has 3 aromatic rings. The third-order valence-corrected chi connectivity index (χ3v) is 5.16. The minimum atomic E-state index is -0.220. The third kappa shape index (κ3) is 3.08. The fourth-order valence-electron chi connectivity index (χ4n) is 3.13. The highest BCUT2D eigenvalue weighted by molar-refractivity contribution is 7.14. The lowest BCUT2D eigenvalue weighted by Crippen LogP contribution is -2.25. The summed E-state index contributed by atoms with van der Waals surface area (Å²) in [5.41, 5.74) is 6.81. The predicted octanol–water partition coefficient (Wildman–Crippen LogP) is 3.05. The van der Waals surface area contributed by atoms with Crippen LogP contribution < -0.4 is 10.6 Å². The molecule has 7 heteroatoms. The molecule has 25 heavy (non-hydrogen) atoms. The van der Waals surface area contributed by atoms with Gasteiger partial charge in [-0.15, -0.1) is 11.3 Å². The van der Waals surface area contributed by atoms with Crippen LogP contribution in [0.4, 0.5) is 5.13 Å². The monoisotopic (exact) mass is 353 g/mol. The maximum absolute atomic E-state index is 12.5. The van der Waals surface area contributed by atoms with Crippen LogP contribution in [-0.4, -0.2) is 27.6 Å². The smallest absolute Gasteiger partial charge is 0.278 e. The maximum Gasteiger partial charge on any atom is 0.278 e. The summed E-state index contributed by atoms with van der Waals surface area (Å²) in [6, 6.07) is 6.28. The number of fused-ring (bicyclic) bond motifs is 1. The molecule has 0 saturated heterocycles. The SMILES string of the molecule is Cc1ccc(-c2csc(NC(=O)c3n[nH]c4c3CNCC4)n2)c(C)c1. The minimum Gasteiger partial charge on any atom is -0.312 e. The predicted molar refractivity (Wildman–Crippen MR) is 99.0 cm³/mol. The molecule has 1 aliphatic rings. The Morgan fingerprint density at radius 3 is 3.04 bits per heavy atom. The van der Waals surface area contributed by atoms with E-state index in [-0.39, 0.29) is 5.91 Å². The van der Waals surface area contributed by atoms with E-state index in [0.717, 1.165) is 35.5 Å². The van der Waals surface area contributed by atoms with E-state index in [1.54, 1.807) is 0 Å². The van der Waals surface area contributed by atoms with Crippen molar-refractivity contribution >= 4 is 22.4 Å². The summed E-state index contributed by atoms with van der Waals surface area (Å²) < 4.78 is 0. The van der Waals surface area contributed by atoms with Crippen LogP contribution in [0.25, 0.3) is 11.3 Å². The van der Waals surface area contributed by atoms with Crippen LogP contribution in [0.3, 0.4) is 0 Å². The van der Waals surface area contributed by atoms with E-state index in [0.29, 0.717) is 17.4 Å². The Balaban J connectivity index is 1.55. The van der Waals surface area contributed by atoms with Gasteiger partial charge in [0.25, 0.3) is 5.91 Å². The molecule has 0 radical (unpaired) electrons. The van der Waals surface area contributed by atoms with Crippen LogP contribution in [0.15, 0.2) is 23.6 Å². The molecule has 0 atom stereocenters. The summed E-state index contributed by atoms with van der Waals surface area (Å²) >= 11 is 1.42. The second-order valence-electron chi connectivity index (χ2n) is 6.27. The van der Waals surface area contributed by atoms with Crippen molar-refractivity contribution in [2.75, 3.05) is 11.9 Å². The van der Waals surface area contributed by atoms with Gasteiger partial charge in [-0.25, -0.2) is 4.98 Å². The first-order valence-electron chi connectivity index (χ1n) is 8.23. The first kappa shape index (κ1) is 16.0. The lowest BCUT2D eigenvalue weighted by molar-refractivity contribution is 0.102. The molecule has 0 aliphatic carbocycles. The van der Waals surface area contributed by atoms with Gasteiger partial charge in [-0.1, -0.05) is 23.8 Å². The fourth-order valence-corrected chi connectivity index (χ4v) is 3.83. The number of rotatable bonds is 3. The highest BCUT2D eigenvalue weighted by Crippen LogP contribution is 2.28. The number of thiazole rings is 1. The molecule has 0 fully saturated rings. The molecule has 1 aromatic carbocycles. The van der Waals surface area contributed by atoms with Crippen LogP contribution in [-0.2, 0) is 13.0 Å². The van der Waals surface area contributed by atoms with Gasteiger partial charge in [-0.2, -0.15) is 5.10 Å². The Labute approximate surface area is 149 Å². The van der Waals surface area contributed by atoms with Gasteiger partial charge >= 0.3 is 0 Å². The van der Waals surface area contributed by atoms with Crippen molar-refractivity contribution < 1.29 is 4.79 Å². The Morgan fingerprint density at radius 1 is 1.32 bits per heavy atom. The lowest BCUT2D eigenvalue weighted by atomic mass is 10.0. The van der Waals surface area contributed by atoms with Crippen LogP contribution in [0.2, 0.25) is 0 Å². The molecule has 3 N–H and O–H groups in total. The minimum absolute atomic E-state index is 0.220. The highest BCUT2D eigenvalue weighted by Gasteiger charge is 2.22. The Kier molecular flexibility index (Phi) is 4.10. The standard InChI is InChI=1S/C18H19N5OS/c1-10-3-4-12(11(2)7-10)15-9-25-18(20-15)21-17(24)16-13-8-19-6-5-14(13)22-23-16/h3-4,7,9,19H,5-6,8H2,1-2H3,(H,22,23)(H,20,21,24). The maximum atomic E-state index is 12.5. The molecule has 0 spiro atoms. The zero-order chi connectivity index (χ0) is 17.4. The van der Waals surface area contributed by atoms with Crippen molar-refractivity contribution in [1.29, 1.82) is 0 Å². The van der Waals surface area contributed by atoms with E-state index in [1.165, 1.54) is 22.5 Å². The van der Waals surface area contributed by atoms with Gasteiger partial charge in [-0.3, -0.25) is 15.2 Å². The average molecular weight is 353 g/mol. The summed E-state index contributed by atoms with van der Waals surface area (Å²) in [7, 11) is 0. The van der Waals surface area contributed by atoms with Gasteiger partial charge in [0.2, 0.25) is 0 Å². The van der Waals surface area contributed by atoms with E-state index in [9.17, 15) is 4.79 Å². The van der Waals surface area contributed by atoms with Gasteiger partial charge < -0.3 is 5.32 Å². The van der Waals surface area contributed by atoms with E-state index in [1.807, 2.05) is 5.38 Å². The molecule has 0 bridgehead atoms. The number of nitrogens with one attached hydrogen (secondary N) is 3. The van der Waals surface area contributed by atoms with Crippen LogP contribution >= 0.6 is 11.3 Å². The average Bonchev–Trinajstić information content (AvgIpc) is 3.21. The summed E-state index contributed by atoms with van der Waals surface area (Å²) in [6.45, 7) is 5.72. The number of carbonyl (C=O) groups is 1. The molecule has 128 valence electrons. The van der Waals surface area contributed by atoms with E-state index < -0.39 is 0 Å². The van der Waals surface area contributed by atoms with E-state index in [2.05, 4.69) is 57.9 Å². The number of benzene rings is 1. The van der Waals surface area contributed by atoms with Crippen LogP contribution in [0.5, 0.6) is 0 Å². The number of aryl methyl sites for hydroxylation is 2. The molecular weight excluding hydrogens is 334 g/mol. The van der Waals surface area contributed by atoms with Crippen molar-refractivity contribution in [3.05, 3.63) is 51.7 Å². The second kappa shape index (κ2) is 6.42. The third-order valence-electron chi connectivity index (χ3n) is 4.40.